The molecule has 1 fully saturated rings. The molecule has 7 heteroatoms. The number of hydrogen-bond acceptors (Lipinski definition) is 3. The van der Waals surface area contributed by atoms with Gasteiger partial charge in [-0.05, 0) is 55.8 Å². The number of aliphatic hydroxyl groups excluding tert-OH is 1. The molecule has 1 aliphatic rings. The number of nitrogens with zero attached hydrogens (tertiary/aromatic N) is 1. The summed E-state index contributed by atoms with van der Waals surface area (Å²) in [5.41, 5.74) is 1.37. The minimum atomic E-state index is -0.756. The fraction of sp³-hybridized carbons (Fsp3) is 0.389. The van der Waals surface area contributed by atoms with Gasteiger partial charge in [-0.25, -0.2) is 0 Å². The first-order valence-corrected chi connectivity index (χ1v) is 8.62. The fourth-order valence-corrected chi connectivity index (χ4v) is 3.20. The molecule has 3 rings (SSSR count). The third kappa shape index (κ3) is 4.98. The van der Waals surface area contributed by atoms with Gasteiger partial charge in [-0.2, -0.15) is 0 Å². The number of benzene rings is 1. The summed E-state index contributed by atoms with van der Waals surface area (Å²) in [4.78, 5) is 12.5. The average Bonchev–Trinajstić information content (AvgIpc) is 3.10. The van der Waals surface area contributed by atoms with E-state index in [4.69, 9.17) is 11.6 Å². The molecule has 0 saturated carbocycles. The predicted molar refractivity (Wildman–Crippen MR) is 102 cm³/mol. The molecule has 136 valence electrons. The fourth-order valence-electron chi connectivity index (χ4n) is 3.07. The van der Waals surface area contributed by atoms with Crippen molar-refractivity contribution in [2.24, 2.45) is 0 Å². The Morgan fingerprint density at radius 3 is 2.64 bits per heavy atom. The van der Waals surface area contributed by atoms with E-state index in [2.05, 4.69) is 10.6 Å². The number of nitrogens with one attached hydrogen (secondary N) is 2. The number of piperidine rings is 1. The molecule has 0 aliphatic carbocycles. The first kappa shape index (κ1) is 19.8. The van der Waals surface area contributed by atoms with E-state index in [0.29, 0.717) is 16.8 Å². The maximum atomic E-state index is 12.5. The molecular weight excluding hydrogens is 361 g/mol. The van der Waals surface area contributed by atoms with E-state index in [1.54, 1.807) is 24.3 Å². The molecule has 2 heterocycles. The van der Waals surface area contributed by atoms with Gasteiger partial charge in [0.15, 0.2) is 0 Å². The van der Waals surface area contributed by atoms with Crippen molar-refractivity contribution in [1.82, 2.24) is 15.2 Å². The first-order valence-electron chi connectivity index (χ1n) is 8.24. The monoisotopic (exact) mass is 383 g/mol. The van der Waals surface area contributed by atoms with Crippen molar-refractivity contribution >= 4 is 29.9 Å². The van der Waals surface area contributed by atoms with E-state index < -0.39 is 6.10 Å². The highest BCUT2D eigenvalue weighted by atomic mass is 35.5. The van der Waals surface area contributed by atoms with Gasteiger partial charge in [0.05, 0.1) is 6.10 Å². The zero-order valence-corrected chi connectivity index (χ0v) is 15.4. The van der Waals surface area contributed by atoms with Crippen molar-refractivity contribution in [3.05, 3.63) is 58.9 Å². The SMILES string of the molecule is Cl.O=C(NCC(O)c1ccc(Cl)cc1)c1cccn1C1CCNCC1. The lowest BCUT2D eigenvalue weighted by Gasteiger charge is -2.26. The van der Waals surface area contributed by atoms with E-state index in [0.717, 1.165) is 31.5 Å². The van der Waals surface area contributed by atoms with Crippen molar-refractivity contribution in [2.75, 3.05) is 19.6 Å². The summed E-state index contributed by atoms with van der Waals surface area (Å²) in [6.45, 7) is 2.11. The summed E-state index contributed by atoms with van der Waals surface area (Å²) >= 11 is 5.84. The minimum absolute atomic E-state index is 0. The molecule has 0 radical (unpaired) electrons. The van der Waals surface area contributed by atoms with Crippen LogP contribution in [0.1, 0.15) is 41.0 Å². The van der Waals surface area contributed by atoms with E-state index >= 15 is 0 Å². The van der Waals surface area contributed by atoms with Gasteiger partial charge in [0.2, 0.25) is 0 Å². The number of carbonyl (C=O) groups is 1. The second-order valence-corrected chi connectivity index (χ2v) is 6.50. The average molecular weight is 384 g/mol. The highest BCUT2D eigenvalue weighted by Crippen LogP contribution is 2.21. The van der Waals surface area contributed by atoms with Crippen molar-refractivity contribution < 1.29 is 9.90 Å². The Hall–Kier alpha value is -1.53. The number of halogens is 2. The van der Waals surface area contributed by atoms with E-state index in [1.807, 2.05) is 22.9 Å². The van der Waals surface area contributed by atoms with Crippen LogP contribution in [0.3, 0.4) is 0 Å². The Morgan fingerprint density at radius 1 is 1.28 bits per heavy atom. The third-order valence-corrected chi connectivity index (χ3v) is 4.68. The van der Waals surface area contributed by atoms with Crippen LogP contribution in [0.5, 0.6) is 0 Å². The zero-order chi connectivity index (χ0) is 16.9. The second-order valence-electron chi connectivity index (χ2n) is 6.06. The van der Waals surface area contributed by atoms with Gasteiger partial charge in [0, 0.05) is 23.8 Å². The summed E-state index contributed by atoms with van der Waals surface area (Å²) in [6.07, 6.45) is 3.24. The van der Waals surface area contributed by atoms with Crippen LogP contribution in [0.25, 0.3) is 0 Å². The summed E-state index contributed by atoms with van der Waals surface area (Å²) in [5, 5.41) is 17.0. The minimum Gasteiger partial charge on any atom is -0.387 e. The van der Waals surface area contributed by atoms with Gasteiger partial charge < -0.3 is 20.3 Å². The molecule has 1 unspecified atom stereocenters. The van der Waals surface area contributed by atoms with E-state index in [-0.39, 0.29) is 24.9 Å². The number of rotatable bonds is 5. The predicted octanol–water partition coefficient (Wildman–Crippen LogP) is 2.95. The van der Waals surface area contributed by atoms with Crippen molar-refractivity contribution in [3.63, 3.8) is 0 Å². The van der Waals surface area contributed by atoms with Crippen LogP contribution in [0.4, 0.5) is 0 Å². The zero-order valence-electron chi connectivity index (χ0n) is 13.8. The number of hydrogen-bond donors (Lipinski definition) is 3. The Balaban J connectivity index is 0.00000225. The van der Waals surface area contributed by atoms with Gasteiger partial charge >= 0.3 is 0 Å². The van der Waals surface area contributed by atoms with E-state index in [1.165, 1.54) is 0 Å². The lowest BCUT2D eigenvalue weighted by molar-refractivity contribution is 0.0903. The lowest BCUT2D eigenvalue weighted by Crippen LogP contribution is -2.33. The van der Waals surface area contributed by atoms with Gasteiger partial charge in [-0.1, -0.05) is 23.7 Å². The van der Waals surface area contributed by atoms with Gasteiger partial charge in [0.25, 0.3) is 5.91 Å². The Morgan fingerprint density at radius 2 is 1.96 bits per heavy atom. The van der Waals surface area contributed by atoms with E-state index in [9.17, 15) is 9.90 Å². The molecule has 5 nitrogen and oxygen atoms in total. The summed E-state index contributed by atoms with van der Waals surface area (Å²) in [5.74, 6) is -0.161. The van der Waals surface area contributed by atoms with Gasteiger partial charge in [-0.3, -0.25) is 4.79 Å². The topological polar surface area (TPSA) is 66.3 Å². The first-order chi connectivity index (χ1) is 11.6. The number of aromatic nitrogens is 1. The Labute approximate surface area is 158 Å². The molecule has 1 aromatic carbocycles. The van der Waals surface area contributed by atoms with Crippen LogP contribution < -0.4 is 10.6 Å². The quantitative estimate of drug-likeness (QED) is 0.743. The van der Waals surface area contributed by atoms with Crippen molar-refractivity contribution in [3.8, 4) is 0 Å². The molecule has 1 aromatic heterocycles. The molecule has 3 N–H and O–H groups in total. The molecule has 2 aromatic rings. The largest absolute Gasteiger partial charge is 0.387 e. The van der Waals surface area contributed by atoms with Crippen LogP contribution in [-0.4, -0.2) is 35.2 Å². The maximum Gasteiger partial charge on any atom is 0.268 e. The lowest BCUT2D eigenvalue weighted by atomic mass is 10.1. The molecule has 1 aliphatic heterocycles. The molecule has 1 atom stereocenters. The highest BCUT2D eigenvalue weighted by molar-refractivity contribution is 6.30. The van der Waals surface area contributed by atoms with Gasteiger partial charge in [-0.15, -0.1) is 12.4 Å². The number of carbonyl (C=O) groups excluding carboxylic acids is 1. The Bertz CT molecular complexity index is 682. The van der Waals surface area contributed by atoms with Gasteiger partial charge in [0.1, 0.15) is 5.69 Å². The van der Waals surface area contributed by atoms with Crippen molar-refractivity contribution in [2.45, 2.75) is 25.0 Å². The summed E-state index contributed by atoms with van der Waals surface area (Å²) in [6, 6.07) is 11.0. The van der Waals surface area contributed by atoms with Crippen LogP contribution in [-0.2, 0) is 0 Å². The molecule has 1 saturated heterocycles. The number of amides is 1. The van der Waals surface area contributed by atoms with Crippen LogP contribution in [0.2, 0.25) is 5.02 Å². The van der Waals surface area contributed by atoms with Crippen molar-refractivity contribution in [1.29, 1.82) is 0 Å². The summed E-state index contributed by atoms with van der Waals surface area (Å²) in [7, 11) is 0. The smallest absolute Gasteiger partial charge is 0.268 e. The molecular formula is C18H23Cl2N3O2. The normalized spacial score (nSPS) is 16.1. The molecule has 1 amide bonds. The molecule has 25 heavy (non-hydrogen) atoms. The standard InChI is InChI=1S/C18H22ClN3O2.ClH/c19-14-5-3-13(4-6-14)17(23)12-21-18(24)16-2-1-11-22(16)15-7-9-20-10-8-15;/h1-6,11,15,17,20,23H,7-10,12H2,(H,21,24);1H. The number of aliphatic hydroxyl groups is 1. The molecule has 0 spiro atoms. The van der Waals surface area contributed by atoms with Crippen LogP contribution >= 0.6 is 24.0 Å². The highest BCUT2D eigenvalue weighted by Gasteiger charge is 2.20. The van der Waals surface area contributed by atoms with Crippen LogP contribution in [0.15, 0.2) is 42.6 Å². The third-order valence-electron chi connectivity index (χ3n) is 4.42. The second kappa shape index (κ2) is 9.25. The molecule has 0 bridgehead atoms. The maximum absolute atomic E-state index is 12.5. The Kier molecular flexibility index (Phi) is 7.32. The van der Waals surface area contributed by atoms with Crippen LogP contribution in [0, 0.1) is 0 Å². The summed E-state index contributed by atoms with van der Waals surface area (Å²) < 4.78 is 2.05.